The minimum absolute atomic E-state index is 0.0402. The molecule has 0 saturated heterocycles. The quantitative estimate of drug-likeness (QED) is 0.721. The van der Waals surface area contributed by atoms with Crippen LogP contribution in [0, 0.1) is 5.82 Å². The van der Waals surface area contributed by atoms with Crippen molar-refractivity contribution in [2.75, 3.05) is 0 Å². The molecule has 1 aliphatic rings. The molecule has 1 atom stereocenters. The number of benzene rings is 2. The van der Waals surface area contributed by atoms with E-state index in [1.54, 1.807) is 12.1 Å². The monoisotopic (exact) mass is 306 g/mol. The lowest BCUT2D eigenvalue weighted by atomic mass is 9.81. The first-order chi connectivity index (χ1) is 11.0. The van der Waals surface area contributed by atoms with E-state index < -0.39 is 0 Å². The van der Waals surface area contributed by atoms with E-state index in [2.05, 4.69) is 36.3 Å². The maximum atomic E-state index is 14.3. The summed E-state index contributed by atoms with van der Waals surface area (Å²) >= 11 is 0. The summed E-state index contributed by atoms with van der Waals surface area (Å²) < 4.78 is 14.3. The number of hydrogen-bond acceptors (Lipinski definition) is 2. The number of aromatic nitrogens is 1. The second-order valence-electron chi connectivity index (χ2n) is 6.91. The smallest absolute Gasteiger partial charge is 0.126 e. The summed E-state index contributed by atoms with van der Waals surface area (Å²) in [5.41, 5.74) is 3.72. The van der Waals surface area contributed by atoms with E-state index in [0.717, 1.165) is 27.6 Å². The third kappa shape index (κ3) is 2.51. The second-order valence-corrected chi connectivity index (χ2v) is 6.91. The van der Waals surface area contributed by atoms with E-state index in [1.807, 2.05) is 30.5 Å². The van der Waals surface area contributed by atoms with Gasteiger partial charge in [0.1, 0.15) is 5.82 Å². The molecule has 2 aromatic carbocycles. The molecule has 3 aromatic rings. The number of nitrogens with one attached hydrogen (secondary N) is 1. The van der Waals surface area contributed by atoms with E-state index in [-0.39, 0.29) is 17.4 Å². The summed E-state index contributed by atoms with van der Waals surface area (Å²) in [5, 5.41) is 4.76. The van der Waals surface area contributed by atoms with Gasteiger partial charge < -0.3 is 5.32 Å². The topological polar surface area (TPSA) is 24.9 Å². The normalized spacial score (nSPS) is 19.5. The van der Waals surface area contributed by atoms with Crippen molar-refractivity contribution >= 4 is 10.9 Å². The SMILES string of the molecule is CC1(C)Cc2c(F)cccc2C(c2cnc3ccccc3c2)N1. The summed E-state index contributed by atoms with van der Waals surface area (Å²) in [6, 6.07) is 15.5. The van der Waals surface area contributed by atoms with Gasteiger partial charge in [-0.3, -0.25) is 4.98 Å². The van der Waals surface area contributed by atoms with Crippen LogP contribution in [0.25, 0.3) is 10.9 Å². The van der Waals surface area contributed by atoms with Crippen LogP contribution in [0.1, 0.15) is 36.6 Å². The zero-order valence-electron chi connectivity index (χ0n) is 13.3. The third-order valence-corrected chi connectivity index (χ3v) is 4.56. The lowest BCUT2D eigenvalue weighted by Gasteiger charge is -2.39. The Bertz CT molecular complexity index is 886. The van der Waals surface area contributed by atoms with Crippen LogP contribution in [0.4, 0.5) is 4.39 Å². The fraction of sp³-hybridized carbons (Fsp3) is 0.250. The molecule has 1 aromatic heterocycles. The molecule has 4 rings (SSSR count). The highest BCUT2D eigenvalue weighted by atomic mass is 19.1. The van der Waals surface area contributed by atoms with Gasteiger partial charge >= 0.3 is 0 Å². The van der Waals surface area contributed by atoms with Gasteiger partial charge in [-0.15, -0.1) is 0 Å². The molecular formula is C20H19FN2. The summed E-state index contributed by atoms with van der Waals surface area (Å²) in [7, 11) is 0. The lowest BCUT2D eigenvalue weighted by Crippen LogP contribution is -2.48. The zero-order chi connectivity index (χ0) is 16.0. The van der Waals surface area contributed by atoms with Gasteiger partial charge in [0, 0.05) is 17.1 Å². The van der Waals surface area contributed by atoms with Crippen molar-refractivity contribution in [3.8, 4) is 0 Å². The molecule has 0 aliphatic carbocycles. The van der Waals surface area contributed by atoms with Gasteiger partial charge in [0.2, 0.25) is 0 Å². The van der Waals surface area contributed by atoms with Crippen molar-refractivity contribution in [3.05, 3.63) is 77.2 Å². The van der Waals surface area contributed by atoms with Gasteiger partial charge in [0.15, 0.2) is 0 Å². The van der Waals surface area contributed by atoms with Crippen LogP contribution in [0.5, 0.6) is 0 Å². The van der Waals surface area contributed by atoms with Crippen LogP contribution >= 0.6 is 0 Å². The first-order valence-corrected chi connectivity index (χ1v) is 7.93. The number of rotatable bonds is 1. The molecular weight excluding hydrogens is 287 g/mol. The van der Waals surface area contributed by atoms with Gasteiger partial charge in [-0.2, -0.15) is 0 Å². The van der Waals surface area contributed by atoms with Crippen LogP contribution in [-0.2, 0) is 6.42 Å². The van der Waals surface area contributed by atoms with Gasteiger partial charge in [0.05, 0.1) is 11.6 Å². The minimum atomic E-state index is -0.161. The number of fused-ring (bicyclic) bond motifs is 2. The molecule has 23 heavy (non-hydrogen) atoms. The largest absolute Gasteiger partial charge is 0.301 e. The maximum Gasteiger partial charge on any atom is 0.126 e. The number of nitrogens with zero attached hydrogens (tertiary/aromatic N) is 1. The Balaban J connectivity index is 1.88. The Hall–Kier alpha value is -2.26. The summed E-state index contributed by atoms with van der Waals surface area (Å²) in [6.07, 6.45) is 2.59. The molecule has 0 saturated carbocycles. The first-order valence-electron chi connectivity index (χ1n) is 7.93. The van der Waals surface area contributed by atoms with E-state index >= 15 is 0 Å². The Morgan fingerprint density at radius 1 is 1.13 bits per heavy atom. The number of hydrogen-bond donors (Lipinski definition) is 1. The average molecular weight is 306 g/mol. The molecule has 0 fully saturated rings. The molecule has 0 spiro atoms. The second kappa shape index (κ2) is 5.14. The Morgan fingerprint density at radius 2 is 1.96 bits per heavy atom. The minimum Gasteiger partial charge on any atom is -0.301 e. The highest BCUT2D eigenvalue weighted by molar-refractivity contribution is 5.79. The van der Waals surface area contributed by atoms with Crippen LogP contribution in [-0.4, -0.2) is 10.5 Å². The predicted molar refractivity (Wildman–Crippen MR) is 90.9 cm³/mol. The predicted octanol–water partition coefficient (Wildman–Crippen LogP) is 4.39. The van der Waals surface area contributed by atoms with Gasteiger partial charge in [-0.05, 0) is 55.2 Å². The van der Waals surface area contributed by atoms with E-state index in [9.17, 15) is 4.39 Å². The van der Waals surface area contributed by atoms with Crippen molar-refractivity contribution in [2.24, 2.45) is 0 Å². The summed E-state index contributed by atoms with van der Waals surface area (Å²) in [5.74, 6) is -0.115. The van der Waals surface area contributed by atoms with E-state index in [4.69, 9.17) is 0 Å². The fourth-order valence-electron chi connectivity index (χ4n) is 3.50. The Kier molecular flexibility index (Phi) is 3.20. The molecule has 2 nitrogen and oxygen atoms in total. The Morgan fingerprint density at radius 3 is 2.83 bits per heavy atom. The molecule has 1 aliphatic heterocycles. The van der Waals surface area contributed by atoms with Gasteiger partial charge in [-0.25, -0.2) is 4.39 Å². The fourth-order valence-corrected chi connectivity index (χ4v) is 3.50. The van der Waals surface area contributed by atoms with Crippen molar-refractivity contribution in [3.63, 3.8) is 0 Å². The van der Waals surface area contributed by atoms with Crippen LogP contribution < -0.4 is 5.32 Å². The Labute approximate surface area is 135 Å². The molecule has 0 bridgehead atoms. The number of halogens is 1. The van der Waals surface area contributed by atoms with E-state index in [0.29, 0.717) is 6.42 Å². The average Bonchev–Trinajstić information content (AvgIpc) is 2.54. The lowest BCUT2D eigenvalue weighted by molar-refractivity contribution is 0.326. The van der Waals surface area contributed by atoms with Crippen molar-refractivity contribution in [1.29, 1.82) is 0 Å². The van der Waals surface area contributed by atoms with Crippen LogP contribution in [0.3, 0.4) is 0 Å². The summed E-state index contributed by atoms with van der Waals surface area (Å²) in [4.78, 5) is 4.57. The first kappa shape index (κ1) is 14.3. The molecule has 0 amide bonds. The van der Waals surface area contributed by atoms with Gasteiger partial charge in [0.25, 0.3) is 0 Å². The molecule has 1 N–H and O–H groups in total. The maximum absolute atomic E-state index is 14.3. The van der Waals surface area contributed by atoms with Crippen molar-refractivity contribution in [2.45, 2.75) is 31.8 Å². The molecule has 3 heteroatoms. The molecule has 2 heterocycles. The highest BCUT2D eigenvalue weighted by Crippen LogP contribution is 2.35. The van der Waals surface area contributed by atoms with Crippen molar-refractivity contribution < 1.29 is 4.39 Å². The number of para-hydroxylation sites is 1. The standard InChI is InChI=1S/C20H19FN2/c1-20(2)11-16-15(7-5-8-17(16)21)19(23-20)14-10-13-6-3-4-9-18(13)22-12-14/h3-10,12,19,23H,11H2,1-2H3. The van der Waals surface area contributed by atoms with E-state index in [1.165, 1.54) is 0 Å². The molecule has 0 radical (unpaired) electrons. The number of pyridine rings is 1. The zero-order valence-corrected chi connectivity index (χ0v) is 13.3. The summed E-state index contributed by atoms with van der Waals surface area (Å²) in [6.45, 7) is 4.23. The molecule has 1 unspecified atom stereocenters. The molecule has 116 valence electrons. The van der Waals surface area contributed by atoms with Crippen LogP contribution in [0.2, 0.25) is 0 Å². The highest BCUT2D eigenvalue weighted by Gasteiger charge is 2.33. The van der Waals surface area contributed by atoms with Gasteiger partial charge in [-0.1, -0.05) is 30.3 Å². The van der Waals surface area contributed by atoms with Crippen molar-refractivity contribution in [1.82, 2.24) is 10.3 Å². The van der Waals surface area contributed by atoms with Crippen LogP contribution in [0.15, 0.2) is 54.7 Å². The third-order valence-electron chi connectivity index (χ3n) is 4.56.